The van der Waals surface area contributed by atoms with Crippen LogP contribution in [0.15, 0.2) is 59.8 Å². The molecule has 0 atom stereocenters. The number of fused-ring (bicyclic) bond motifs is 3. The molecule has 0 fully saturated rings. The molecule has 0 unspecified atom stereocenters. The number of esters is 1. The molecule has 0 aliphatic rings. The molecule has 0 saturated heterocycles. The normalized spacial score (nSPS) is 11.3. The number of aromatic nitrogens is 7. The average molecular weight is 466 g/mol. The fourth-order valence-corrected chi connectivity index (χ4v) is 4.10. The summed E-state index contributed by atoms with van der Waals surface area (Å²) in [6.07, 6.45) is -0.0436. The monoisotopic (exact) mass is 465 g/mol. The van der Waals surface area contributed by atoms with E-state index in [0.29, 0.717) is 32.8 Å². The lowest BCUT2D eigenvalue weighted by Gasteiger charge is -2.03. The molecule has 0 radical (unpaired) electrons. The number of halogens is 1. The zero-order valence-electron chi connectivity index (χ0n) is 16.8. The van der Waals surface area contributed by atoms with Gasteiger partial charge in [0.2, 0.25) is 5.16 Å². The first-order valence-electron chi connectivity index (χ1n) is 9.63. The van der Waals surface area contributed by atoms with Crippen LogP contribution in [0.2, 0.25) is 5.02 Å². The van der Waals surface area contributed by atoms with E-state index >= 15 is 0 Å². The molecular weight excluding hydrogens is 450 g/mol. The minimum absolute atomic E-state index is 0.0436. The maximum atomic E-state index is 11.9. The van der Waals surface area contributed by atoms with Gasteiger partial charge in [0, 0.05) is 10.8 Å². The van der Waals surface area contributed by atoms with E-state index in [-0.39, 0.29) is 6.42 Å². The van der Waals surface area contributed by atoms with Crippen LogP contribution in [0.4, 0.5) is 0 Å². The largest absolute Gasteiger partial charge is 0.469 e. The van der Waals surface area contributed by atoms with Gasteiger partial charge in [-0.05, 0) is 29.8 Å². The van der Waals surface area contributed by atoms with Gasteiger partial charge in [-0.1, -0.05) is 53.7 Å². The van der Waals surface area contributed by atoms with Crippen LogP contribution in [0.1, 0.15) is 11.3 Å². The number of carbonyl (C=O) groups excluding carboxylic acids is 1. The number of thioether (sulfide) groups is 1. The number of carbonyl (C=O) groups is 1. The molecule has 32 heavy (non-hydrogen) atoms. The molecule has 5 rings (SSSR count). The number of ether oxygens (including phenoxy) is 1. The Hall–Kier alpha value is -3.50. The molecule has 0 N–H and O–H groups in total. The van der Waals surface area contributed by atoms with Gasteiger partial charge in [-0.25, -0.2) is 4.68 Å². The van der Waals surface area contributed by atoms with Crippen molar-refractivity contribution in [1.29, 1.82) is 0 Å². The minimum atomic E-state index is -0.424. The van der Waals surface area contributed by atoms with Gasteiger partial charge in [0.1, 0.15) is 5.69 Å². The molecule has 0 bridgehead atoms. The van der Waals surface area contributed by atoms with Crippen molar-refractivity contribution in [3.8, 4) is 5.69 Å². The third-order valence-corrected chi connectivity index (χ3v) is 5.90. The fourth-order valence-electron chi connectivity index (χ4n) is 3.20. The Balaban J connectivity index is 1.62. The Bertz CT molecular complexity index is 1420. The molecule has 11 heteroatoms. The highest BCUT2D eigenvalue weighted by molar-refractivity contribution is 7.98. The van der Waals surface area contributed by atoms with E-state index in [1.54, 1.807) is 21.3 Å². The number of hydrogen-bond donors (Lipinski definition) is 0. The van der Waals surface area contributed by atoms with Crippen LogP contribution in [0, 0.1) is 0 Å². The first-order valence-corrected chi connectivity index (χ1v) is 11.0. The molecule has 3 aromatic heterocycles. The van der Waals surface area contributed by atoms with Gasteiger partial charge in [-0.2, -0.15) is 14.6 Å². The van der Waals surface area contributed by atoms with Gasteiger partial charge in [0.05, 0.1) is 19.2 Å². The van der Waals surface area contributed by atoms with Crippen molar-refractivity contribution >= 4 is 46.3 Å². The maximum absolute atomic E-state index is 11.9. The molecule has 0 aliphatic carbocycles. The first-order chi connectivity index (χ1) is 15.6. The average Bonchev–Trinajstić information content (AvgIpc) is 3.40. The Kier molecular flexibility index (Phi) is 5.46. The summed E-state index contributed by atoms with van der Waals surface area (Å²) >= 11 is 7.55. The van der Waals surface area contributed by atoms with Gasteiger partial charge in [-0.15, -0.1) is 15.3 Å². The highest BCUT2D eigenvalue weighted by Gasteiger charge is 2.21. The minimum Gasteiger partial charge on any atom is -0.469 e. The molecule has 0 spiro atoms. The highest BCUT2D eigenvalue weighted by atomic mass is 35.5. The van der Waals surface area contributed by atoms with Crippen molar-refractivity contribution in [3.05, 3.63) is 70.9 Å². The highest BCUT2D eigenvalue weighted by Crippen LogP contribution is 2.25. The predicted octanol–water partition coefficient (Wildman–Crippen LogP) is 3.52. The van der Waals surface area contributed by atoms with Crippen molar-refractivity contribution in [2.24, 2.45) is 0 Å². The Morgan fingerprint density at radius 3 is 2.59 bits per heavy atom. The van der Waals surface area contributed by atoms with Gasteiger partial charge >= 0.3 is 5.97 Å². The summed E-state index contributed by atoms with van der Waals surface area (Å²) in [7, 11) is 1.33. The van der Waals surface area contributed by atoms with Crippen LogP contribution in [-0.2, 0) is 21.7 Å². The molecule has 3 heterocycles. The summed E-state index contributed by atoms with van der Waals surface area (Å²) in [5.74, 6) is 0.637. The van der Waals surface area contributed by atoms with E-state index in [0.717, 1.165) is 11.4 Å². The summed E-state index contributed by atoms with van der Waals surface area (Å²) in [6.45, 7) is 0. The van der Waals surface area contributed by atoms with Crippen molar-refractivity contribution in [2.75, 3.05) is 7.11 Å². The van der Waals surface area contributed by atoms with Crippen LogP contribution in [0.5, 0.6) is 0 Å². The SMILES string of the molecule is COC(=O)Cc1nn(-c2ccc(Cl)cc2)c2c1nnc1nc(SCc3ccccc3)nn12. The van der Waals surface area contributed by atoms with E-state index in [1.165, 1.54) is 24.4 Å². The molecule has 5 aromatic rings. The molecule has 2 aromatic carbocycles. The van der Waals surface area contributed by atoms with Crippen molar-refractivity contribution in [3.63, 3.8) is 0 Å². The number of nitrogens with zero attached hydrogens (tertiary/aromatic N) is 7. The molecular formula is C21H16ClN7O2S. The number of methoxy groups -OCH3 is 1. The predicted molar refractivity (Wildman–Crippen MR) is 120 cm³/mol. The van der Waals surface area contributed by atoms with Crippen LogP contribution in [0.3, 0.4) is 0 Å². The van der Waals surface area contributed by atoms with E-state index < -0.39 is 5.97 Å². The van der Waals surface area contributed by atoms with Crippen LogP contribution in [0.25, 0.3) is 22.6 Å². The quantitative estimate of drug-likeness (QED) is 0.277. The van der Waals surface area contributed by atoms with Crippen LogP contribution in [-0.4, -0.2) is 47.7 Å². The second-order valence-corrected chi connectivity index (χ2v) is 8.22. The fraction of sp³-hybridized carbons (Fsp3) is 0.143. The summed E-state index contributed by atoms with van der Waals surface area (Å²) in [5, 5.41) is 18.9. The molecule has 160 valence electrons. The van der Waals surface area contributed by atoms with E-state index in [1.807, 2.05) is 30.3 Å². The third-order valence-electron chi connectivity index (χ3n) is 4.74. The van der Waals surface area contributed by atoms with E-state index in [4.69, 9.17) is 16.3 Å². The zero-order valence-corrected chi connectivity index (χ0v) is 18.4. The standard InChI is InChI=1S/C21H16ClN7O2S/c1-31-17(30)11-16-18-19(28(26-16)15-9-7-14(22)8-10-15)29-20(25-24-18)23-21(27-29)32-12-13-5-3-2-4-6-13/h2-10H,11-12H2,1H3. The number of hydrogen-bond acceptors (Lipinski definition) is 8. The summed E-state index contributed by atoms with van der Waals surface area (Å²) < 4.78 is 8.06. The molecule has 0 amide bonds. The van der Waals surface area contributed by atoms with E-state index in [9.17, 15) is 4.79 Å². The van der Waals surface area contributed by atoms with Crippen molar-refractivity contribution < 1.29 is 9.53 Å². The summed E-state index contributed by atoms with van der Waals surface area (Å²) in [4.78, 5) is 16.4. The topological polar surface area (TPSA) is 100 Å². The van der Waals surface area contributed by atoms with Gasteiger partial charge in [0.15, 0.2) is 11.2 Å². The lowest BCUT2D eigenvalue weighted by Crippen LogP contribution is -2.06. The second-order valence-electron chi connectivity index (χ2n) is 6.84. The zero-order chi connectivity index (χ0) is 22.1. The maximum Gasteiger partial charge on any atom is 0.311 e. The lowest BCUT2D eigenvalue weighted by molar-refractivity contribution is -0.139. The van der Waals surface area contributed by atoms with Gasteiger partial charge < -0.3 is 4.74 Å². The van der Waals surface area contributed by atoms with Gasteiger partial charge in [0.25, 0.3) is 5.78 Å². The van der Waals surface area contributed by atoms with Gasteiger partial charge in [-0.3, -0.25) is 4.79 Å². The smallest absolute Gasteiger partial charge is 0.311 e. The lowest BCUT2D eigenvalue weighted by atomic mass is 10.2. The van der Waals surface area contributed by atoms with Crippen LogP contribution >= 0.6 is 23.4 Å². The first kappa shape index (κ1) is 20.4. The molecule has 0 aliphatic heterocycles. The second kappa shape index (κ2) is 8.56. The Labute approximate surface area is 191 Å². The summed E-state index contributed by atoms with van der Waals surface area (Å²) in [5.41, 5.74) is 3.33. The Morgan fingerprint density at radius 1 is 1.06 bits per heavy atom. The molecule has 0 saturated carbocycles. The third kappa shape index (κ3) is 3.90. The van der Waals surface area contributed by atoms with Crippen molar-refractivity contribution in [2.45, 2.75) is 17.3 Å². The van der Waals surface area contributed by atoms with Crippen molar-refractivity contribution in [1.82, 2.24) is 34.6 Å². The number of rotatable bonds is 6. The van der Waals surface area contributed by atoms with E-state index in [2.05, 4.69) is 37.5 Å². The summed E-state index contributed by atoms with van der Waals surface area (Å²) in [6, 6.07) is 17.2. The molecule has 9 nitrogen and oxygen atoms in total. The number of benzene rings is 2. The van der Waals surface area contributed by atoms with Crippen LogP contribution < -0.4 is 0 Å². The Morgan fingerprint density at radius 2 is 1.84 bits per heavy atom.